The summed E-state index contributed by atoms with van der Waals surface area (Å²) in [7, 11) is 3.14. The highest BCUT2D eigenvalue weighted by atomic mass is 32.1. The van der Waals surface area contributed by atoms with Crippen LogP contribution in [0.4, 0.5) is 4.39 Å². The van der Waals surface area contributed by atoms with Gasteiger partial charge < -0.3 is 14.1 Å². The zero-order valence-corrected chi connectivity index (χ0v) is 20.2. The number of amides is 1. The lowest BCUT2D eigenvalue weighted by molar-refractivity contribution is -0.129. The van der Waals surface area contributed by atoms with Crippen LogP contribution in [-0.4, -0.2) is 45.6 Å². The van der Waals surface area contributed by atoms with Crippen LogP contribution in [0, 0.1) is 12.7 Å². The number of ether oxygens (including phenoxy) is 1. The van der Waals surface area contributed by atoms with E-state index in [-0.39, 0.29) is 18.9 Å². The molecule has 1 amide bonds. The van der Waals surface area contributed by atoms with E-state index in [1.165, 1.54) is 58.6 Å². The summed E-state index contributed by atoms with van der Waals surface area (Å²) in [5, 5.41) is 0.344. The summed E-state index contributed by atoms with van der Waals surface area (Å²) in [6.45, 7) is 2.38. The number of thiophene rings is 1. The van der Waals surface area contributed by atoms with Crippen LogP contribution >= 0.6 is 11.3 Å². The first-order valence-corrected chi connectivity index (χ1v) is 11.9. The molecule has 1 saturated heterocycles. The van der Waals surface area contributed by atoms with Gasteiger partial charge in [-0.1, -0.05) is 0 Å². The maximum Gasteiger partial charge on any atom is 0.332 e. The van der Waals surface area contributed by atoms with E-state index in [4.69, 9.17) is 9.15 Å². The molecular formula is C24H23FN4O5S. The predicted octanol–water partition coefficient (Wildman–Crippen LogP) is 2.98. The van der Waals surface area contributed by atoms with Crippen molar-refractivity contribution in [1.82, 2.24) is 19.0 Å². The van der Waals surface area contributed by atoms with Crippen LogP contribution in [0.1, 0.15) is 23.6 Å². The largest absolute Gasteiger partial charge is 0.496 e. The summed E-state index contributed by atoms with van der Waals surface area (Å²) >= 11 is 1.23. The Labute approximate surface area is 203 Å². The van der Waals surface area contributed by atoms with Gasteiger partial charge in [0.25, 0.3) is 5.56 Å². The Morgan fingerprint density at radius 2 is 2.09 bits per heavy atom. The maximum atomic E-state index is 13.9. The van der Waals surface area contributed by atoms with Gasteiger partial charge in [0.05, 0.1) is 23.6 Å². The summed E-state index contributed by atoms with van der Waals surface area (Å²) in [5.74, 6) is 0.153. The molecule has 9 nitrogen and oxygen atoms in total. The van der Waals surface area contributed by atoms with E-state index < -0.39 is 23.1 Å². The monoisotopic (exact) mass is 498 g/mol. The molecule has 1 unspecified atom stereocenters. The molecule has 3 aromatic heterocycles. The van der Waals surface area contributed by atoms with Crippen molar-refractivity contribution in [1.29, 1.82) is 0 Å². The number of methoxy groups -OCH3 is 1. The number of aromatic nitrogens is 3. The van der Waals surface area contributed by atoms with Gasteiger partial charge in [0.2, 0.25) is 11.8 Å². The molecule has 1 fully saturated rings. The van der Waals surface area contributed by atoms with Gasteiger partial charge in [0.15, 0.2) is 0 Å². The van der Waals surface area contributed by atoms with Crippen LogP contribution in [0.25, 0.3) is 21.0 Å². The number of fused-ring (bicyclic) bond motifs is 1. The van der Waals surface area contributed by atoms with Crippen molar-refractivity contribution in [3.05, 3.63) is 68.4 Å². The van der Waals surface area contributed by atoms with Gasteiger partial charge >= 0.3 is 5.69 Å². The molecular weight excluding hydrogens is 475 g/mol. The highest BCUT2D eigenvalue weighted by molar-refractivity contribution is 7.22. The Hall–Kier alpha value is -3.73. The molecule has 4 aromatic rings. The summed E-state index contributed by atoms with van der Waals surface area (Å²) in [5.41, 5.74) is 0.127. The number of benzene rings is 1. The topological polar surface area (TPSA) is 99.6 Å². The first kappa shape index (κ1) is 23.0. The number of carbonyl (C=O) groups is 1. The molecule has 0 spiro atoms. The minimum Gasteiger partial charge on any atom is -0.496 e. The van der Waals surface area contributed by atoms with E-state index in [1.807, 2.05) is 0 Å². The van der Waals surface area contributed by atoms with E-state index in [0.717, 1.165) is 4.57 Å². The Kier molecular flexibility index (Phi) is 5.79. The third-order valence-electron chi connectivity index (χ3n) is 6.43. The van der Waals surface area contributed by atoms with Crippen molar-refractivity contribution in [3.8, 4) is 16.5 Å². The molecule has 1 aliphatic rings. The second kappa shape index (κ2) is 8.81. The van der Waals surface area contributed by atoms with Gasteiger partial charge in [0, 0.05) is 20.1 Å². The van der Waals surface area contributed by atoms with Gasteiger partial charge in [-0.2, -0.15) is 0 Å². The average molecular weight is 499 g/mol. The molecule has 0 saturated carbocycles. The molecule has 1 atom stereocenters. The fraction of sp³-hybridized carbons (Fsp3) is 0.333. The smallest absolute Gasteiger partial charge is 0.332 e. The van der Waals surface area contributed by atoms with Crippen LogP contribution in [-0.2, 0) is 17.8 Å². The van der Waals surface area contributed by atoms with Gasteiger partial charge in [-0.15, -0.1) is 11.3 Å². The van der Waals surface area contributed by atoms with Crippen LogP contribution < -0.4 is 16.0 Å². The standard InChI is InChI=1S/C24H23FN4O5S/c1-13-18-22(31)29(16-7-9-27(2)21(16)30)24(32)28(23(18)35-19(13)20-26-8-11-34-20)10-6-14-12-15(25)4-5-17(14)33-3/h4-5,8,11-12,16H,6-7,9-10H2,1-3H3. The van der Waals surface area contributed by atoms with Crippen LogP contribution in [0.2, 0.25) is 0 Å². The van der Waals surface area contributed by atoms with E-state index in [2.05, 4.69) is 4.98 Å². The lowest BCUT2D eigenvalue weighted by atomic mass is 10.1. The molecule has 4 heterocycles. The van der Waals surface area contributed by atoms with Crippen LogP contribution in [0.5, 0.6) is 5.75 Å². The minimum absolute atomic E-state index is 0.150. The second-order valence-corrected chi connectivity index (χ2v) is 9.45. The summed E-state index contributed by atoms with van der Waals surface area (Å²) in [6, 6.07) is 3.33. The summed E-state index contributed by atoms with van der Waals surface area (Å²) in [4.78, 5) is 46.9. The highest BCUT2D eigenvalue weighted by Crippen LogP contribution is 2.36. The molecule has 35 heavy (non-hydrogen) atoms. The molecule has 0 N–H and O–H groups in total. The number of likely N-dealkylation sites (N-methyl/N-ethyl adjacent to an activating group) is 1. The summed E-state index contributed by atoms with van der Waals surface area (Å²) in [6.07, 6.45) is 3.59. The third kappa shape index (κ3) is 3.75. The fourth-order valence-electron chi connectivity index (χ4n) is 4.59. The van der Waals surface area contributed by atoms with E-state index in [0.29, 0.717) is 50.8 Å². The number of aryl methyl sites for hydroxylation is 3. The zero-order valence-electron chi connectivity index (χ0n) is 19.4. The van der Waals surface area contributed by atoms with Crippen LogP contribution in [0.3, 0.4) is 0 Å². The average Bonchev–Trinajstić information content (AvgIpc) is 3.55. The van der Waals surface area contributed by atoms with Gasteiger partial charge in [-0.05, 0) is 49.1 Å². The molecule has 1 aliphatic heterocycles. The summed E-state index contributed by atoms with van der Waals surface area (Å²) < 4.78 is 27.3. The van der Waals surface area contributed by atoms with E-state index >= 15 is 0 Å². The van der Waals surface area contributed by atoms with Crippen molar-refractivity contribution < 1.29 is 18.3 Å². The quantitative estimate of drug-likeness (QED) is 0.405. The van der Waals surface area contributed by atoms with E-state index in [9.17, 15) is 18.8 Å². The maximum absolute atomic E-state index is 13.9. The first-order valence-electron chi connectivity index (χ1n) is 11.1. The number of carbonyl (C=O) groups excluding carboxylic acids is 1. The van der Waals surface area contributed by atoms with Gasteiger partial charge in [0.1, 0.15) is 28.7 Å². The minimum atomic E-state index is -0.871. The van der Waals surface area contributed by atoms with Crippen molar-refractivity contribution in [2.24, 2.45) is 0 Å². The Morgan fingerprint density at radius 1 is 1.29 bits per heavy atom. The Morgan fingerprint density at radius 3 is 2.74 bits per heavy atom. The number of hydrogen-bond donors (Lipinski definition) is 0. The molecule has 0 radical (unpaired) electrons. The molecule has 0 bridgehead atoms. The van der Waals surface area contributed by atoms with Crippen LogP contribution in [0.15, 0.2) is 44.7 Å². The number of nitrogens with zero attached hydrogens (tertiary/aromatic N) is 4. The zero-order chi connectivity index (χ0) is 24.9. The molecule has 0 aliphatic carbocycles. The Bertz CT molecular complexity index is 1550. The number of hydrogen-bond acceptors (Lipinski definition) is 7. The fourth-order valence-corrected chi connectivity index (χ4v) is 5.85. The van der Waals surface area contributed by atoms with E-state index in [1.54, 1.807) is 14.0 Å². The van der Waals surface area contributed by atoms with Crippen molar-refractivity contribution in [3.63, 3.8) is 0 Å². The lowest BCUT2D eigenvalue weighted by Crippen LogP contribution is -2.44. The SMILES string of the molecule is COc1ccc(F)cc1CCn1c(=O)n(C2CCN(C)C2=O)c(=O)c2c(C)c(-c3ncco3)sc21. The molecule has 5 rings (SSSR count). The normalized spacial score (nSPS) is 15.9. The molecule has 11 heteroatoms. The van der Waals surface area contributed by atoms with Crippen molar-refractivity contribution in [2.75, 3.05) is 20.7 Å². The third-order valence-corrected chi connectivity index (χ3v) is 7.73. The van der Waals surface area contributed by atoms with Gasteiger partial charge in [-0.3, -0.25) is 14.2 Å². The molecule has 182 valence electrons. The lowest BCUT2D eigenvalue weighted by Gasteiger charge is -2.17. The first-order chi connectivity index (χ1) is 16.8. The predicted molar refractivity (Wildman–Crippen MR) is 129 cm³/mol. The highest BCUT2D eigenvalue weighted by Gasteiger charge is 2.35. The molecule has 1 aromatic carbocycles. The number of oxazole rings is 1. The number of likely N-dealkylation sites (tertiary alicyclic amines) is 1. The number of halogens is 1. The second-order valence-electron chi connectivity index (χ2n) is 8.45. The van der Waals surface area contributed by atoms with Gasteiger partial charge in [-0.25, -0.2) is 18.7 Å². The van der Waals surface area contributed by atoms with Crippen molar-refractivity contribution in [2.45, 2.75) is 32.4 Å². The van der Waals surface area contributed by atoms with Crippen molar-refractivity contribution >= 4 is 27.5 Å². The Balaban J connectivity index is 1.72. The number of rotatable bonds is 6.